The van der Waals surface area contributed by atoms with E-state index < -0.39 is 0 Å². The third-order valence-corrected chi connectivity index (χ3v) is 5.52. The Kier molecular flexibility index (Phi) is 16.6. The van der Waals surface area contributed by atoms with Crippen molar-refractivity contribution >= 4 is 39.2 Å². The Balaban J connectivity index is 3.30. The highest BCUT2D eigenvalue weighted by atomic mass is 33.1. The minimum atomic E-state index is -0.0887. The zero-order valence-electron chi connectivity index (χ0n) is 14.5. The van der Waals surface area contributed by atoms with Gasteiger partial charge in [-0.05, 0) is 19.8 Å². The number of carbonyl (C=O) groups is 3. The standard InChI is InChI=1S/C16H30N2O4S2/c1-14(20)6-7-15(21)18-10-13-24-23-12-8-16(22)17-9-4-2-3-5-11-19/h19H,2-13H2,1H3,(H,17,22)(H,18,21). The van der Waals surface area contributed by atoms with Gasteiger partial charge in [0.25, 0.3) is 0 Å². The maximum atomic E-state index is 11.6. The molecular weight excluding hydrogens is 348 g/mol. The smallest absolute Gasteiger partial charge is 0.220 e. The number of Topliss-reactive ketones (excluding diaryl/α,β-unsaturated/α-hetero) is 1. The van der Waals surface area contributed by atoms with E-state index in [2.05, 4.69) is 10.6 Å². The van der Waals surface area contributed by atoms with Crippen molar-refractivity contribution < 1.29 is 19.5 Å². The third kappa shape index (κ3) is 17.6. The molecule has 8 heteroatoms. The molecule has 6 nitrogen and oxygen atoms in total. The first kappa shape index (κ1) is 23.3. The summed E-state index contributed by atoms with van der Waals surface area (Å²) in [6.07, 6.45) is 4.88. The number of rotatable bonds is 16. The highest BCUT2D eigenvalue weighted by Crippen LogP contribution is 2.20. The first-order valence-corrected chi connectivity index (χ1v) is 10.9. The van der Waals surface area contributed by atoms with Crippen LogP contribution in [0.25, 0.3) is 0 Å². The predicted molar refractivity (Wildman–Crippen MR) is 101 cm³/mol. The minimum Gasteiger partial charge on any atom is -0.396 e. The molecule has 0 heterocycles. The van der Waals surface area contributed by atoms with Crippen LogP contribution in [-0.4, -0.2) is 53.9 Å². The van der Waals surface area contributed by atoms with Crippen molar-refractivity contribution in [3.05, 3.63) is 0 Å². The summed E-state index contributed by atoms with van der Waals surface area (Å²) in [5, 5.41) is 14.3. The van der Waals surface area contributed by atoms with Crippen LogP contribution in [0.4, 0.5) is 0 Å². The summed E-state index contributed by atoms with van der Waals surface area (Å²) in [4.78, 5) is 33.7. The highest BCUT2D eigenvalue weighted by molar-refractivity contribution is 8.76. The van der Waals surface area contributed by atoms with Crippen molar-refractivity contribution in [2.45, 2.75) is 51.9 Å². The molecule has 3 N–H and O–H groups in total. The van der Waals surface area contributed by atoms with Crippen molar-refractivity contribution in [1.82, 2.24) is 10.6 Å². The van der Waals surface area contributed by atoms with E-state index in [-0.39, 0.29) is 30.6 Å². The largest absolute Gasteiger partial charge is 0.396 e. The second-order valence-corrected chi connectivity index (χ2v) is 8.14. The lowest BCUT2D eigenvalue weighted by Gasteiger charge is -2.06. The molecule has 0 bridgehead atoms. The molecule has 0 rings (SSSR count). The molecule has 2 amide bonds. The summed E-state index contributed by atoms with van der Waals surface area (Å²) >= 11 is 0. The topological polar surface area (TPSA) is 95.5 Å². The van der Waals surface area contributed by atoms with Crippen LogP contribution in [0, 0.1) is 0 Å². The SMILES string of the molecule is CC(=O)CCC(=O)NCCSSCCC(=O)NCCCCCCO. The predicted octanol–water partition coefficient (Wildman–Crippen LogP) is 1.91. The van der Waals surface area contributed by atoms with Crippen molar-refractivity contribution in [2.24, 2.45) is 0 Å². The molecule has 0 aliphatic rings. The third-order valence-electron chi connectivity index (χ3n) is 3.11. The Morgan fingerprint density at radius 1 is 0.792 bits per heavy atom. The molecule has 0 aliphatic carbocycles. The van der Waals surface area contributed by atoms with E-state index in [0.717, 1.165) is 37.2 Å². The van der Waals surface area contributed by atoms with Crippen LogP contribution < -0.4 is 10.6 Å². The number of ketones is 1. The fraction of sp³-hybridized carbons (Fsp3) is 0.812. The zero-order valence-corrected chi connectivity index (χ0v) is 16.1. The van der Waals surface area contributed by atoms with Crippen molar-refractivity contribution in [1.29, 1.82) is 0 Å². The van der Waals surface area contributed by atoms with Gasteiger partial charge in [-0.3, -0.25) is 9.59 Å². The molecule has 0 saturated carbocycles. The van der Waals surface area contributed by atoms with Gasteiger partial charge in [0.05, 0.1) is 0 Å². The lowest BCUT2D eigenvalue weighted by Crippen LogP contribution is -2.25. The number of hydrogen-bond acceptors (Lipinski definition) is 6. The van der Waals surface area contributed by atoms with Crippen LogP contribution in [0.3, 0.4) is 0 Å². The van der Waals surface area contributed by atoms with Gasteiger partial charge in [-0.1, -0.05) is 34.4 Å². The molecule has 0 radical (unpaired) electrons. The number of aliphatic hydroxyl groups excluding tert-OH is 1. The van der Waals surface area contributed by atoms with Gasteiger partial charge in [-0.2, -0.15) is 0 Å². The molecule has 0 atom stereocenters. The number of carbonyl (C=O) groups excluding carboxylic acids is 3. The highest BCUT2D eigenvalue weighted by Gasteiger charge is 2.03. The summed E-state index contributed by atoms with van der Waals surface area (Å²) in [7, 11) is 3.25. The van der Waals surface area contributed by atoms with Gasteiger partial charge in [-0.15, -0.1) is 0 Å². The molecule has 0 aromatic carbocycles. The fourth-order valence-corrected chi connectivity index (χ4v) is 3.67. The van der Waals surface area contributed by atoms with E-state index in [1.54, 1.807) is 21.6 Å². The van der Waals surface area contributed by atoms with Crippen LogP contribution in [-0.2, 0) is 14.4 Å². The normalized spacial score (nSPS) is 10.4. The van der Waals surface area contributed by atoms with Crippen molar-refractivity contribution in [3.8, 4) is 0 Å². The molecular formula is C16H30N2O4S2. The van der Waals surface area contributed by atoms with E-state index in [0.29, 0.717) is 25.9 Å². The minimum absolute atomic E-state index is 0.0264. The average Bonchev–Trinajstić information content (AvgIpc) is 2.55. The molecule has 0 unspecified atom stereocenters. The molecule has 0 fully saturated rings. The fourth-order valence-electron chi connectivity index (χ4n) is 1.77. The summed E-state index contributed by atoms with van der Waals surface area (Å²) in [6, 6.07) is 0. The average molecular weight is 379 g/mol. The maximum Gasteiger partial charge on any atom is 0.220 e. The zero-order chi connectivity index (χ0) is 18.0. The van der Waals surface area contributed by atoms with Crippen LogP contribution >= 0.6 is 21.6 Å². The van der Waals surface area contributed by atoms with Gasteiger partial charge in [0.15, 0.2) is 0 Å². The molecule has 0 aromatic heterocycles. The van der Waals surface area contributed by atoms with Crippen LogP contribution in [0.2, 0.25) is 0 Å². The van der Waals surface area contributed by atoms with E-state index >= 15 is 0 Å². The number of aliphatic hydroxyl groups is 1. The van der Waals surface area contributed by atoms with Crippen LogP contribution in [0.1, 0.15) is 51.9 Å². The van der Waals surface area contributed by atoms with Gasteiger partial charge >= 0.3 is 0 Å². The van der Waals surface area contributed by atoms with E-state index in [1.165, 1.54) is 6.92 Å². The molecule has 140 valence electrons. The monoisotopic (exact) mass is 378 g/mol. The van der Waals surface area contributed by atoms with Gasteiger partial charge in [-0.25, -0.2) is 0 Å². The Bertz CT molecular complexity index is 368. The number of amides is 2. The summed E-state index contributed by atoms with van der Waals surface area (Å²) in [5.41, 5.74) is 0. The first-order valence-electron chi connectivity index (χ1n) is 8.44. The summed E-state index contributed by atoms with van der Waals surface area (Å²) < 4.78 is 0. The number of nitrogens with one attached hydrogen (secondary N) is 2. The maximum absolute atomic E-state index is 11.6. The van der Waals surface area contributed by atoms with E-state index in [1.807, 2.05) is 0 Å². The van der Waals surface area contributed by atoms with Gasteiger partial charge < -0.3 is 20.5 Å². The Hall–Kier alpha value is -0.730. The lowest BCUT2D eigenvalue weighted by molar-refractivity contribution is -0.124. The van der Waals surface area contributed by atoms with E-state index in [4.69, 9.17) is 5.11 Å². The lowest BCUT2D eigenvalue weighted by atomic mass is 10.2. The first-order chi connectivity index (χ1) is 11.6. The summed E-state index contributed by atoms with van der Waals surface area (Å²) in [6.45, 7) is 3.00. The van der Waals surface area contributed by atoms with Gasteiger partial charge in [0.2, 0.25) is 11.8 Å². The Morgan fingerprint density at radius 2 is 1.42 bits per heavy atom. The molecule has 24 heavy (non-hydrogen) atoms. The number of hydrogen-bond donors (Lipinski definition) is 3. The number of unbranched alkanes of at least 4 members (excludes halogenated alkanes) is 3. The van der Waals surface area contributed by atoms with Gasteiger partial charge in [0, 0.05) is 50.5 Å². The Labute approximate surface area is 152 Å². The Morgan fingerprint density at radius 3 is 2.12 bits per heavy atom. The van der Waals surface area contributed by atoms with Crippen LogP contribution in [0.15, 0.2) is 0 Å². The van der Waals surface area contributed by atoms with Crippen molar-refractivity contribution in [3.63, 3.8) is 0 Å². The van der Waals surface area contributed by atoms with Crippen LogP contribution in [0.5, 0.6) is 0 Å². The molecule has 0 aliphatic heterocycles. The van der Waals surface area contributed by atoms with Crippen molar-refractivity contribution in [2.75, 3.05) is 31.2 Å². The summed E-state index contributed by atoms with van der Waals surface area (Å²) in [5.74, 6) is 1.54. The second kappa shape index (κ2) is 17.1. The molecule has 0 saturated heterocycles. The van der Waals surface area contributed by atoms with Gasteiger partial charge in [0.1, 0.15) is 5.78 Å². The second-order valence-electron chi connectivity index (χ2n) is 5.43. The molecule has 0 spiro atoms. The molecule has 0 aromatic rings. The van der Waals surface area contributed by atoms with E-state index in [9.17, 15) is 14.4 Å². The quantitative estimate of drug-likeness (QED) is 0.280.